The van der Waals surface area contributed by atoms with Gasteiger partial charge in [-0.3, -0.25) is 9.67 Å². The molecule has 0 bridgehead atoms. The summed E-state index contributed by atoms with van der Waals surface area (Å²) in [6, 6.07) is 17.9. The average Bonchev–Trinajstić information content (AvgIpc) is 3.22. The first-order valence-electron chi connectivity index (χ1n) is 9.96. The number of hydrogen-bond donors (Lipinski definition) is 2. The molecule has 0 amide bonds. The van der Waals surface area contributed by atoms with Gasteiger partial charge in [0.25, 0.3) is 0 Å². The molecule has 0 saturated carbocycles. The Hall–Kier alpha value is -3.48. The van der Waals surface area contributed by atoms with Gasteiger partial charge in [0.1, 0.15) is 17.6 Å². The number of nitrogens with zero attached hydrogens (tertiary/aromatic N) is 3. The molecule has 0 aliphatic carbocycles. The third-order valence-electron chi connectivity index (χ3n) is 4.49. The molecular weight excluding hydrogens is 378 g/mol. The molecule has 30 heavy (non-hydrogen) atoms. The Kier molecular flexibility index (Phi) is 7.71. The highest BCUT2D eigenvalue weighted by atomic mass is 16.5. The minimum absolute atomic E-state index is 0.0377. The molecule has 158 valence electrons. The van der Waals surface area contributed by atoms with Crippen LogP contribution in [0.5, 0.6) is 11.5 Å². The van der Waals surface area contributed by atoms with E-state index in [0.717, 1.165) is 23.6 Å². The van der Waals surface area contributed by atoms with Gasteiger partial charge in [-0.1, -0.05) is 36.4 Å². The maximum atomic E-state index is 5.94. The van der Waals surface area contributed by atoms with Gasteiger partial charge >= 0.3 is 0 Å². The number of benzene rings is 2. The van der Waals surface area contributed by atoms with Crippen LogP contribution < -0.4 is 20.1 Å². The van der Waals surface area contributed by atoms with Gasteiger partial charge in [-0.15, -0.1) is 0 Å². The van der Waals surface area contributed by atoms with Gasteiger partial charge in [0.2, 0.25) is 0 Å². The molecule has 0 saturated heterocycles. The molecule has 1 unspecified atom stereocenters. The van der Waals surface area contributed by atoms with Crippen LogP contribution in [0.1, 0.15) is 18.1 Å². The van der Waals surface area contributed by atoms with E-state index in [2.05, 4.69) is 32.9 Å². The van der Waals surface area contributed by atoms with Crippen LogP contribution in [-0.4, -0.2) is 42.5 Å². The highest BCUT2D eigenvalue weighted by Gasteiger charge is 2.07. The Labute approximate surface area is 177 Å². The fourth-order valence-corrected chi connectivity index (χ4v) is 2.95. The third kappa shape index (κ3) is 6.55. The fraction of sp³-hybridized carbons (Fsp3) is 0.304. The lowest BCUT2D eigenvalue weighted by Crippen LogP contribution is -2.41. The van der Waals surface area contributed by atoms with E-state index in [0.29, 0.717) is 19.0 Å². The van der Waals surface area contributed by atoms with Crippen molar-refractivity contribution in [3.05, 3.63) is 78.1 Å². The fourth-order valence-electron chi connectivity index (χ4n) is 2.95. The molecule has 1 heterocycles. The van der Waals surface area contributed by atoms with Crippen LogP contribution in [0.3, 0.4) is 0 Å². The second kappa shape index (κ2) is 10.9. The Morgan fingerprint density at radius 3 is 2.63 bits per heavy atom. The predicted octanol–water partition coefficient (Wildman–Crippen LogP) is 3.07. The molecule has 1 aromatic heterocycles. The molecule has 2 aromatic carbocycles. The minimum Gasteiger partial charge on any atom is -0.497 e. The van der Waals surface area contributed by atoms with Gasteiger partial charge in [-0.05, 0) is 24.6 Å². The Morgan fingerprint density at radius 1 is 1.07 bits per heavy atom. The lowest BCUT2D eigenvalue weighted by molar-refractivity contribution is 0.223. The molecule has 0 radical (unpaired) electrons. The van der Waals surface area contributed by atoms with Gasteiger partial charge in [-0.2, -0.15) is 5.10 Å². The Morgan fingerprint density at radius 2 is 1.87 bits per heavy atom. The highest BCUT2D eigenvalue weighted by Crippen LogP contribution is 2.19. The summed E-state index contributed by atoms with van der Waals surface area (Å²) in [5, 5.41) is 11.0. The summed E-state index contributed by atoms with van der Waals surface area (Å²) in [5.74, 6) is 2.27. The van der Waals surface area contributed by atoms with Gasteiger partial charge < -0.3 is 20.1 Å². The van der Waals surface area contributed by atoms with Crippen LogP contribution in [0.25, 0.3) is 0 Å². The van der Waals surface area contributed by atoms with E-state index in [9.17, 15) is 0 Å². The second-order valence-corrected chi connectivity index (χ2v) is 6.95. The number of aromatic nitrogens is 2. The van der Waals surface area contributed by atoms with Crippen molar-refractivity contribution in [2.24, 2.45) is 4.99 Å². The zero-order chi connectivity index (χ0) is 21.2. The summed E-state index contributed by atoms with van der Waals surface area (Å²) in [7, 11) is 3.40. The first kappa shape index (κ1) is 21.2. The second-order valence-electron chi connectivity index (χ2n) is 6.95. The molecule has 7 nitrogen and oxygen atoms in total. The molecule has 0 aliphatic heterocycles. The highest BCUT2D eigenvalue weighted by molar-refractivity contribution is 5.79. The SMILES string of the molecule is CN=C(NCc1cnn(Cc2ccccc2)c1)NCC(C)Oc1cccc(OC)c1. The summed E-state index contributed by atoms with van der Waals surface area (Å²) < 4.78 is 13.1. The van der Waals surface area contributed by atoms with E-state index in [1.54, 1.807) is 14.2 Å². The molecule has 3 aromatic rings. The predicted molar refractivity (Wildman–Crippen MR) is 119 cm³/mol. The van der Waals surface area contributed by atoms with Gasteiger partial charge in [-0.25, -0.2) is 0 Å². The lowest BCUT2D eigenvalue weighted by atomic mass is 10.2. The number of rotatable bonds is 9. The van der Waals surface area contributed by atoms with Crippen molar-refractivity contribution >= 4 is 5.96 Å². The number of guanidine groups is 1. The van der Waals surface area contributed by atoms with Crippen molar-refractivity contribution in [3.63, 3.8) is 0 Å². The van der Waals surface area contributed by atoms with Crippen molar-refractivity contribution in [1.29, 1.82) is 0 Å². The minimum atomic E-state index is -0.0377. The number of nitrogens with one attached hydrogen (secondary N) is 2. The van der Waals surface area contributed by atoms with Crippen LogP contribution >= 0.6 is 0 Å². The molecule has 2 N–H and O–H groups in total. The van der Waals surface area contributed by atoms with E-state index < -0.39 is 0 Å². The maximum absolute atomic E-state index is 5.94. The molecule has 0 fully saturated rings. The van der Waals surface area contributed by atoms with Crippen molar-refractivity contribution in [3.8, 4) is 11.5 Å². The van der Waals surface area contributed by atoms with Gasteiger partial charge in [0.05, 0.1) is 26.4 Å². The Bertz CT molecular complexity index is 940. The molecule has 3 rings (SSSR count). The van der Waals surface area contributed by atoms with Crippen molar-refractivity contribution in [2.75, 3.05) is 20.7 Å². The molecule has 1 atom stereocenters. The number of hydrogen-bond acceptors (Lipinski definition) is 4. The first-order valence-corrected chi connectivity index (χ1v) is 9.96. The monoisotopic (exact) mass is 407 g/mol. The quantitative estimate of drug-likeness (QED) is 0.421. The topological polar surface area (TPSA) is 72.7 Å². The van der Waals surface area contributed by atoms with Gasteiger partial charge in [0.15, 0.2) is 5.96 Å². The van der Waals surface area contributed by atoms with Gasteiger partial charge in [0, 0.05) is 31.4 Å². The largest absolute Gasteiger partial charge is 0.497 e. The smallest absolute Gasteiger partial charge is 0.191 e. The molecule has 0 spiro atoms. The zero-order valence-corrected chi connectivity index (χ0v) is 17.7. The first-order chi connectivity index (χ1) is 14.7. The zero-order valence-electron chi connectivity index (χ0n) is 17.7. The Balaban J connectivity index is 1.43. The van der Waals surface area contributed by atoms with E-state index in [1.165, 1.54) is 5.56 Å². The maximum Gasteiger partial charge on any atom is 0.191 e. The summed E-state index contributed by atoms with van der Waals surface area (Å²) >= 11 is 0. The van der Waals surface area contributed by atoms with E-state index in [1.807, 2.05) is 66.5 Å². The van der Waals surface area contributed by atoms with E-state index >= 15 is 0 Å². The average molecular weight is 408 g/mol. The molecule has 0 aliphatic rings. The van der Waals surface area contributed by atoms with Crippen LogP contribution in [-0.2, 0) is 13.1 Å². The lowest BCUT2D eigenvalue weighted by Gasteiger charge is -2.18. The summed E-state index contributed by atoms with van der Waals surface area (Å²) in [6.07, 6.45) is 3.88. The van der Waals surface area contributed by atoms with Crippen LogP contribution in [0, 0.1) is 0 Å². The number of aliphatic imine (C=N–C) groups is 1. The van der Waals surface area contributed by atoms with Crippen LogP contribution in [0.2, 0.25) is 0 Å². The van der Waals surface area contributed by atoms with Crippen molar-refractivity contribution < 1.29 is 9.47 Å². The summed E-state index contributed by atoms with van der Waals surface area (Å²) in [4.78, 5) is 4.28. The van der Waals surface area contributed by atoms with E-state index in [-0.39, 0.29) is 6.10 Å². The standard InChI is InChI=1S/C23H29N5O2/c1-18(30-22-11-7-10-21(12-22)29-3)13-25-23(24-2)26-14-20-15-27-28(17-20)16-19-8-5-4-6-9-19/h4-12,15,17-18H,13-14,16H2,1-3H3,(H2,24,25,26). The van der Waals surface area contributed by atoms with Crippen molar-refractivity contribution in [2.45, 2.75) is 26.1 Å². The van der Waals surface area contributed by atoms with E-state index in [4.69, 9.17) is 9.47 Å². The normalized spacial score (nSPS) is 12.3. The summed E-state index contributed by atoms with van der Waals surface area (Å²) in [5.41, 5.74) is 2.32. The number of ether oxygens (including phenoxy) is 2. The molecule has 7 heteroatoms. The van der Waals surface area contributed by atoms with Crippen LogP contribution in [0.15, 0.2) is 72.0 Å². The third-order valence-corrected chi connectivity index (χ3v) is 4.49. The number of methoxy groups -OCH3 is 1. The van der Waals surface area contributed by atoms with Crippen molar-refractivity contribution in [1.82, 2.24) is 20.4 Å². The van der Waals surface area contributed by atoms with Crippen LogP contribution in [0.4, 0.5) is 0 Å². The summed E-state index contributed by atoms with van der Waals surface area (Å²) in [6.45, 7) is 4.02. The molecular formula is C23H29N5O2.